The molecule has 0 saturated heterocycles. The van der Waals surface area contributed by atoms with E-state index in [1.165, 1.54) is 65.5 Å². The Balaban J connectivity index is 0.947. The predicted octanol–water partition coefficient (Wildman–Crippen LogP) is 14.7. The summed E-state index contributed by atoms with van der Waals surface area (Å²) in [5, 5.41) is 8.30. The molecule has 5 nitrogen and oxygen atoms in total. The summed E-state index contributed by atoms with van der Waals surface area (Å²) >= 11 is 0. The molecule has 61 heavy (non-hydrogen) atoms. The van der Waals surface area contributed by atoms with Crippen molar-refractivity contribution in [1.29, 1.82) is 0 Å². The van der Waals surface area contributed by atoms with Crippen LogP contribution in [0.5, 0.6) is 0 Å². The summed E-state index contributed by atoms with van der Waals surface area (Å²) in [6, 6.07) is 71.9. The molecule has 0 bridgehead atoms. The Kier molecular flexibility index (Phi) is 7.24. The molecule has 9 aromatic carbocycles. The van der Waals surface area contributed by atoms with Crippen LogP contribution >= 0.6 is 0 Å². The van der Waals surface area contributed by atoms with E-state index < -0.39 is 0 Å². The summed E-state index contributed by atoms with van der Waals surface area (Å²) < 4.78 is 11.1. The monoisotopic (exact) mass is 778 g/mol. The number of hydrogen-bond acceptors (Lipinski definition) is 3. The van der Waals surface area contributed by atoms with Crippen LogP contribution in [-0.4, -0.2) is 19.1 Å². The fourth-order valence-corrected chi connectivity index (χ4v) is 9.72. The maximum absolute atomic E-state index is 6.33. The standard InChI is InChI=1S/C56H34N4O/c1-2-15-39(16-3-1)59-48-23-7-4-17-43(48)46-32-35(27-29-51(46)59)36-28-30-52-47(33-36)44-18-5-8-24-49(44)60(52)50-25-12-21-41-40(20-11-22-42(41)50)37-13-10-14-38(31-37)54-56-55(58-34-57-54)45-19-6-9-26-53(45)61-56/h1-34H. The van der Waals surface area contributed by atoms with Gasteiger partial charge in [-0.2, -0.15) is 0 Å². The quantitative estimate of drug-likeness (QED) is 0.175. The number of furan rings is 1. The third-order valence-electron chi connectivity index (χ3n) is 12.4. The van der Waals surface area contributed by atoms with Crippen LogP contribution in [0, 0.1) is 0 Å². The summed E-state index contributed by atoms with van der Waals surface area (Å²) in [5.74, 6) is 0. The smallest absolute Gasteiger partial charge is 0.180 e. The zero-order chi connectivity index (χ0) is 40.0. The number of benzene rings is 9. The van der Waals surface area contributed by atoms with Crippen molar-refractivity contribution in [3.05, 3.63) is 207 Å². The number of aromatic nitrogens is 4. The molecule has 0 spiro atoms. The van der Waals surface area contributed by atoms with Gasteiger partial charge in [-0.3, -0.25) is 0 Å². The second kappa shape index (κ2) is 13.1. The van der Waals surface area contributed by atoms with Crippen molar-refractivity contribution in [2.75, 3.05) is 0 Å². The molecule has 5 heteroatoms. The Bertz CT molecular complexity index is 3890. The van der Waals surface area contributed by atoms with Crippen molar-refractivity contribution in [1.82, 2.24) is 19.1 Å². The first-order valence-corrected chi connectivity index (χ1v) is 20.6. The normalized spacial score (nSPS) is 11.9. The highest BCUT2D eigenvalue weighted by molar-refractivity contribution is 6.14. The van der Waals surface area contributed by atoms with Gasteiger partial charge in [0.1, 0.15) is 23.1 Å². The molecule has 4 heterocycles. The van der Waals surface area contributed by atoms with Gasteiger partial charge in [0, 0.05) is 43.6 Å². The van der Waals surface area contributed by atoms with Crippen LogP contribution in [0.4, 0.5) is 0 Å². The minimum Gasteiger partial charge on any atom is -0.452 e. The molecule has 0 atom stereocenters. The van der Waals surface area contributed by atoms with Crippen molar-refractivity contribution < 1.29 is 4.42 Å². The lowest BCUT2D eigenvalue weighted by Gasteiger charge is -2.15. The fraction of sp³-hybridized carbons (Fsp3) is 0. The lowest BCUT2D eigenvalue weighted by molar-refractivity contribution is 0.667. The molecular formula is C56H34N4O. The van der Waals surface area contributed by atoms with Gasteiger partial charge >= 0.3 is 0 Å². The molecule has 0 radical (unpaired) electrons. The zero-order valence-corrected chi connectivity index (χ0v) is 32.8. The third kappa shape index (κ3) is 5.08. The largest absolute Gasteiger partial charge is 0.452 e. The minimum atomic E-state index is 0.701. The topological polar surface area (TPSA) is 48.8 Å². The van der Waals surface area contributed by atoms with Gasteiger partial charge in [0.2, 0.25) is 0 Å². The van der Waals surface area contributed by atoms with Crippen molar-refractivity contribution in [3.8, 4) is 44.9 Å². The van der Waals surface area contributed by atoms with Crippen LogP contribution in [0.2, 0.25) is 0 Å². The number of hydrogen-bond donors (Lipinski definition) is 0. The minimum absolute atomic E-state index is 0.701. The SMILES string of the molecule is c1ccc(-n2c3ccccc3c3cc(-c4ccc5c(c4)c4ccccc4n5-c4cccc5c(-c6cccc(-c7ncnc8c7oc7ccccc78)c6)cccc45)ccc32)cc1. The number of rotatable bonds is 5. The first-order valence-electron chi connectivity index (χ1n) is 20.6. The molecular weight excluding hydrogens is 745 g/mol. The van der Waals surface area contributed by atoms with Crippen LogP contribution in [0.3, 0.4) is 0 Å². The summed E-state index contributed by atoms with van der Waals surface area (Å²) in [6.45, 7) is 0. The van der Waals surface area contributed by atoms with Gasteiger partial charge in [0.15, 0.2) is 5.58 Å². The highest BCUT2D eigenvalue weighted by Crippen LogP contribution is 2.41. The number of nitrogens with zero attached hydrogens (tertiary/aromatic N) is 4. The summed E-state index contributed by atoms with van der Waals surface area (Å²) in [6.07, 6.45) is 1.63. The first-order chi connectivity index (χ1) is 30.3. The Morgan fingerprint density at radius 1 is 0.361 bits per heavy atom. The lowest BCUT2D eigenvalue weighted by atomic mass is 9.95. The highest BCUT2D eigenvalue weighted by Gasteiger charge is 2.19. The Morgan fingerprint density at radius 2 is 0.951 bits per heavy atom. The van der Waals surface area contributed by atoms with E-state index in [0.29, 0.717) is 5.58 Å². The summed E-state index contributed by atoms with van der Waals surface area (Å²) in [5.41, 5.74) is 15.8. The van der Waals surface area contributed by atoms with Crippen molar-refractivity contribution >= 4 is 76.5 Å². The maximum Gasteiger partial charge on any atom is 0.180 e. The second-order valence-corrected chi connectivity index (χ2v) is 15.8. The molecule has 0 saturated carbocycles. The van der Waals surface area contributed by atoms with Crippen molar-refractivity contribution in [2.45, 2.75) is 0 Å². The van der Waals surface area contributed by atoms with Crippen LogP contribution in [0.25, 0.3) is 121 Å². The molecule has 13 rings (SSSR count). The molecule has 284 valence electrons. The van der Waals surface area contributed by atoms with E-state index in [9.17, 15) is 0 Å². The molecule has 0 N–H and O–H groups in total. The average Bonchev–Trinajstić information content (AvgIpc) is 3.99. The molecule has 0 aliphatic carbocycles. The summed E-state index contributed by atoms with van der Waals surface area (Å²) in [7, 11) is 0. The van der Waals surface area contributed by atoms with E-state index in [-0.39, 0.29) is 0 Å². The molecule has 0 aliphatic heterocycles. The maximum atomic E-state index is 6.33. The Labute approximate surface area is 350 Å². The molecule has 0 amide bonds. The average molecular weight is 779 g/mol. The number of para-hydroxylation sites is 4. The molecule has 0 unspecified atom stereocenters. The Morgan fingerprint density at radius 3 is 1.74 bits per heavy atom. The van der Waals surface area contributed by atoms with Crippen molar-refractivity contribution in [3.63, 3.8) is 0 Å². The number of fused-ring (bicyclic) bond motifs is 10. The van der Waals surface area contributed by atoms with Gasteiger partial charge in [-0.1, -0.05) is 127 Å². The zero-order valence-electron chi connectivity index (χ0n) is 32.8. The van der Waals surface area contributed by atoms with Crippen LogP contribution < -0.4 is 0 Å². The van der Waals surface area contributed by atoms with Crippen LogP contribution in [-0.2, 0) is 0 Å². The van der Waals surface area contributed by atoms with Gasteiger partial charge < -0.3 is 13.6 Å². The van der Waals surface area contributed by atoms with Crippen LogP contribution in [0.15, 0.2) is 211 Å². The van der Waals surface area contributed by atoms with Crippen molar-refractivity contribution in [2.24, 2.45) is 0 Å². The lowest BCUT2D eigenvalue weighted by Crippen LogP contribution is -1.96. The van der Waals surface area contributed by atoms with E-state index in [2.05, 4.69) is 190 Å². The first kappa shape index (κ1) is 33.7. The van der Waals surface area contributed by atoms with Gasteiger partial charge in [0.05, 0.1) is 27.8 Å². The van der Waals surface area contributed by atoms with Gasteiger partial charge in [-0.25, -0.2) is 9.97 Å². The molecule has 13 aromatic rings. The summed E-state index contributed by atoms with van der Waals surface area (Å²) in [4.78, 5) is 9.33. The second-order valence-electron chi connectivity index (χ2n) is 15.8. The van der Waals surface area contributed by atoms with E-state index in [1.54, 1.807) is 6.33 Å². The Hall–Kier alpha value is -8.28. The fourth-order valence-electron chi connectivity index (χ4n) is 9.72. The van der Waals surface area contributed by atoms with E-state index in [1.807, 2.05) is 24.3 Å². The van der Waals surface area contributed by atoms with E-state index in [0.717, 1.165) is 50.2 Å². The molecule has 0 fully saturated rings. The third-order valence-corrected chi connectivity index (χ3v) is 12.4. The highest BCUT2D eigenvalue weighted by atomic mass is 16.3. The predicted molar refractivity (Wildman–Crippen MR) is 252 cm³/mol. The van der Waals surface area contributed by atoms with Gasteiger partial charge in [-0.15, -0.1) is 0 Å². The van der Waals surface area contributed by atoms with Gasteiger partial charge in [0.25, 0.3) is 0 Å². The van der Waals surface area contributed by atoms with E-state index >= 15 is 0 Å². The molecule has 4 aromatic heterocycles. The van der Waals surface area contributed by atoms with Gasteiger partial charge in [-0.05, 0) is 100 Å². The van der Waals surface area contributed by atoms with Crippen LogP contribution in [0.1, 0.15) is 0 Å². The molecule has 0 aliphatic rings. The van der Waals surface area contributed by atoms with E-state index in [4.69, 9.17) is 9.40 Å².